The largest absolute Gasteiger partial charge is 0.508 e. The number of phenols is 1. The Morgan fingerprint density at radius 2 is 1.67 bits per heavy atom. The molecule has 1 nitrogen and oxygen atoms in total. The van der Waals surface area contributed by atoms with Crippen LogP contribution in [0.4, 0.5) is 0 Å². The van der Waals surface area contributed by atoms with Crippen molar-refractivity contribution in [3.8, 4) is 16.9 Å². The maximum atomic E-state index is 9.71. The van der Waals surface area contributed by atoms with Gasteiger partial charge in [-0.05, 0) is 59.7 Å². The molecule has 2 rings (SSSR count). The number of phenolic OH excluding ortho intramolecular Hbond substituents is 1. The first-order chi connectivity index (χ1) is 8.49. The van der Waals surface area contributed by atoms with Crippen LogP contribution >= 0.6 is 0 Å². The summed E-state index contributed by atoms with van der Waals surface area (Å²) in [5.41, 5.74) is 5.80. The Morgan fingerprint density at radius 1 is 0.944 bits per heavy atom. The molecule has 18 heavy (non-hydrogen) atoms. The molecule has 0 aliphatic heterocycles. The minimum absolute atomic E-state index is 0.372. The number of benzene rings is 2. The van der Waals surface area contributed by atoms with Gasteiger partial charge in [0.15, 0.2) is 0 Å². The average Bonchev–Trinajstić information content (AvgIpc) is 2.34. The first-order valence-corrected chi connectivity index (χ1v) is 6.39. The van der Waals surface area contributed by atoms with Crippen LogP contribution < -0.4 is 0 Å². The van der Waals surface area contributed by atoms with E-state index in [1.165, 1.54) is 16.7 Å². The normalized spacial score (nSPS) is 10.9. The van der Waals surface area contributed by atoms with Crippen LogP contribution in [-0.2, 0) is 0 Å². The van der Waals surface area contributed by atoms with Crippen molar-refractivity contribution in [1.29, 1.82) is 0 Å². The Morgan fingerprint density at radius 3 is 2.33 bits per heavy atom. The first-order valence-electron chi connectivity index (χ1n) is 6.39. The van der Waals surface area contributed by atoms with Crippen molar-refractivity contribution in [2.24, 2.45) is 0 Å². The maximum Gasteiger partial charge on any atom is 0.118 e. The Labute approximate surface area is 109 Å². The van der Waals surface area contributed by atoms with E-state index in [2.05, 4.69) is 44.2 Å². The van der Waals surface area contributed by atoms with Gasteiger partial charge in [-0.25, -0.2) is 0 Å². The Kier molecular flexibility index (Phi) is 3.42. The smallest absolute Gasteiger partial charge is 0.118 e. The van der Waals surface area contributed by atoms with Crippen molar-refractivity contribution in [3.05, 3.63) is 53.1 Å². The SMILES string of the molecule is Cc1cc(-c2cccc(C(C)C)c2)c(C)cc1O. The third-order valence-corrected chi connectivity index (χ3v) is 3.41. The van der Waals surface area contributed by atoms with Crippen molar-refractivity contribution in [3.63, 3.8) is 0 Å². The van der Waals surface area contributed by atoms with Gasteiger partial charge >= 0.3 is 0 Å². The molecule has 1 heteroatoms. The van der Waals surface area contributed by atoms with E-state index < -0.39 is 0 Å². The predicted molar refractivity (Wildman–Crippen MR) is 77.1 cm³/mol. The summed E-state index contributed by atoms with van der Waals surface area (Å²) in [4.78, 5) is 0. The number of rotatable bonds is 2. The molecule has 0 saturated heterocycles. The van der Waals surface area contributed by atoms with Crippen molar-refractivity contribution >= 4 is 0 Å². The van der Waals surface area contributed by atoms with Crippen molar-refractivity contribution in [1.82, 2.24) is 0 Å². The molecule has 2 aromatic carbocycles. The van der Waals surface area contributed by atoms with E-state index in [4.69, 9.17) is 0 Å². The lowest BCUT2D eigenvalue weighted by molar-refractivity contribution is 0.471. The monoisotopic (exact) mass is 240 g/mol. The number of hydrogen-bond acceptors (Lipinski definition) is 1. The van der Waals surface area contributed by atoms with Gasteiger partial charge < -0.3 is 5.11 Å². The van der Waals surface area contributed by atoms with Crippen LogP contribution in [0.25, 0.3) is 11.1 Å². The third kappa shape index (κ3) is 2.40. The molecule has 0 bridgehead atoms. The topological polar surface area (TPSA) is 20.2 Å². The van der Waals surface area contributed by atoms with Gasteiger partial charge in [-0.1, -0.05) is 38.1 Å². The van der Waals surface area contributed by atoms with E-state index in [1.54, 1.807) is 0 Å². The highest BCUT2D eigenvalue weighted by Crippen LogP contribution is 2.30. The van der Waals surface area contributed by atoms with Crippen LogP contribution in [0.15, 0.2) is 36.4 Å². The molecule has 1 N–H and O–H groups in total. The molecule has 0 aliphatic carbocycles. The van der Waals surface area contributed by atoms with E-state index in [9.17, 15) is 5.11 Å². The summed E-state index contributed by atoms with van der Waals surface area (Å²) >= 11 is 0. The number of aryl methyl sites for hydroxylation is 2. The summed E-state index contributed by atoms with van der Waals surface area (Å²) in [5.74, 6) is 0.903. The molecule has 0 fully saturated rings. The number of hydrogen-bond donors (Lipinski definition) is 1. The minimum Gasteiger partial charge on any atom is -0.508 e. The second-order valence-electron chi connectivity index (χ2n) is 5.23. The molecule has 0 radical (unpaired) electrons. The van der Waals surface area contributed by atoms with Gasteiger partial charge in [0.25, 0.3) is 0 Å². The average molecular weight is 240 g/mol. The fraction of sp³-hybridized carbons (Fsp3) is 0.294. The van der Waals surface area contributed by atoms with E-state index in [1.807, 2.05) is 19.9 Å². The van der Waals surface area contributed by atoms with Crippen molar-refractivity contribution in [2.45, 2.75) is 33.6 Å². The zero-order valence-electron chi connectivity index (χ0n) is 11.5. The van der Waals surface area contributed by atoms with Gasteiger partial charge in [-0.2, -0.15) is 0 Å². The molecule has 94 valence electrons. The summed E-state index contributed by atoms with van der Waals surface area (Å²) in [6.07, 6.45) is 0. The predicted octanol–water partition coefficient (Wildman–Crippen LogP) is 4.80. The molecule has 0 heterocycles. The summed E-state index contributed by atoms with van der Waals surface area (Å²) in [5, 5.41) is 9.71. The van der Waals surface area contributed by atoms with Gasteiger partial charge in [0, 0.05) is 0 Å². The van der Waals surface area contributed by atoms with E-state index in [-0.39, 0.29) is 0 Å². The minimum atomic E-state index is 0.372. The molecule has 2 aromatic rings. The van der Waals surface area contributed by atoms with Gasteiger partial charge in [-0.3, -0.25) is 0 Å². The Balaban J connectivity index is 2.55. The van der Waals surface area contributed by atoms with Crippen molar-refractivity contribution in [2.75, 3.05) is 0 Å². The molecule has 0 amide bonds. The lowest BCUT2D eigenvalue weighted by atomic mass is 9.94. The lowest BCUT2D eigenvalue weighted by Crippen LogP contribution is -1.90. The van der Waals surface area contributed by atoms with Crippen LogP contribution in [-0.4, -0.2) is 5.11 Å². The molecule has 0 aliphatic rings. The molecular weight excluding hydrogens is 220 g/mol. The summed E-state index contributed by atoms with van der Waals surface area (Å²) < 4.78 is 0. The standard InChI is InChI=1S/C17H20O/c1-11(2)14-6-5-7-15(10-14)16-8-13(4)17(18)9-12(16)3/h5-11,18H,1-4H3. The first kappa shape index (κ1) is 12.7. The highest BCUT2D eigenvalue weighted by molar-refractivity contribution is 5.70. The molecule has 0 unspecified atom stereocenters. The molecular formula is C17H20O. The van der Waals surface area contributed by atoms with Crippen LogP contribution in [0, 0.1) is 13.8 Å². The molecule has 0 saturated carbocycles. The molecule has 0 spiro atoms. The summed E-state index contributed by atoms with van der Waals surface area (Å²) in [6, 6.07) is 12.5. The van der Waals surface area contributed by atoms with E-state index >= 15 is 0 Å². The summed E-state index contributed by atoms with van der Waals surface area (Å²) in [6.45, 7) is 8.38. The van der Waals surface area contributed by atoms with Gasteiger partial charge in [0.2, 0.25) is 0 Å². The quantitative estimate of drug-likeness (QED) is 0.799. The molecule has 0 atom stereocenters. The van der Waals surface area contributed by atoms with Gasteiger partial charge in [0.1, 0.15) is 5.75 Å². The summed E-state index contributed by atoms with van der Waals surface area (Å²) in [7, 11) is 0. The van der Waals surface area contributed by atoms with Crippen LogP contribution in [0.3, 0.4) is 0 Å². The molecule has 0 aromatic heterocycles. The van der Waals surface area contributed by atoms with Crippen molar-refractivity contribution < 1.29 is 5.11 Å². The Bertz CT molecular complexity index is 568. The highest BCUT2D eigenvalue weighted by atomic mass is 16.3. The van der Waals surface area contributed by atoms with Crippen LogP contribution in [0.1, 0.15) is 36.5 Å². The van der Waals surface area contributed by atoms with E-state index in [0.29, 0.717) is 11.7 Å². The number of aromatic hydroxyl groups is 1. The zero-order valence-corrected chi connectivity index (χ0v) is 11.5. The fourth-order valence-corrected chi connectivity index (χ4v) is 2.18. The zero-order chi connectivity index (χ0) is 13.3. The maximum absolute atomic E-state index is 9.71. The second-order valence-corrected chi connectivity index (χ2v) is 5.23. The fourth-order valence-electron chi connectivity index (χ4n) is 2.18. The van der Waals surface area contributed by atoms with Gasteiger partial charge in [-0.15, -0.1) is 0 Å². The highest BCUT2D eigenvalue weighted by Gasteiger charge is 2.07. The van der Waals surface area contributed by atoms with Crippen LogP contribution in [0.5, 0.6) is 5.75 Å². The third-order valence-electron chi connectivity index (χ3n) is 3.41. The lowest BCUT2D eigenvalue weighted by Gasteiger charge is -2.12. The van der Waals surface area contributed by atoms with Crippen LogP contribution in [0.2, 0.25) is 0 Å². The Hall–Kier alpha value is -1.76. The van der Waals surface area contributed by atoms with Gasteiger partial charge in [0.05, 0.1) is 0 Å². The second kappa shape index (κ2) is 4.85. The van der Waals surface area contributed by atoms with E-state index in [0.717, 1.165) is 11.1 Å².